The van der Waals surface area contributed by atoms with Crippen LogP contribution in [0.25, 0.3) is 0 Å². The van der Waals surface area contributed by atoms with Gasteiger partial charge in [-0.25, -0.2) is 0 Å². The molecule has 0 unspecified atom stereocenters. The van der Waals surface area contributed by atoms with Gasteiger partial charge in [-0.05, 0) is 36.6 Å². The Labute approximate surface area is 156 Å². The molecule has 0 aliphatic rings. The second-order valence-corrected chi connectivity index (χ2v) is 6.74. The van der Waals surface area contributed by atoms with Gasteiger partial charge in [0.25, 0.3) is 5.91 Å². The van der Waals surface area contributed by atoms with E-state index in [4.69, 9.17) is 9.47 Å². The van der Waals surface area contributed by atoms with Crippen LogP contribution in [0, 0.1) is 5.92 Å². The smallest absolute Gasteiger partial charge is 0.259 e. The molecule has 26 heavy (non-hydrogen) atoms. The third kappa shape index (κ3) is 6.43. The predicted molar refractivity (Wildman–Crippen MR) is 106 cm³/mol. The van der Waals surface area contributed by atoms with Crippen molar-refractivity contribution in [1.29, 1.82) is 0 Å². The lowest BCUT2D eigenvalue weighted by molar-refractivity contribution is 0.102. The second-order valence-electron chi connectivity index (χ2n) is 6.74. The quantitative estimate of drug-likeness (QED) is 0.569. The summed E-state index contributed by atoms with van der Waals surface area (Å²) in [5.41, 5.74) is 1.24. The molecule has 0 heterocycles. The summed E-state index contributed by atoms with van der Waals surface area (Å²) in [4.78, 5) is 12.7. The lowest BCUT2D eigenvalue weighted by Gasteiger charge is -2.13. The van der Waals surface area contributed by atoms with E-state index in [9.17, 15) is 4.79 Å². The summed E-state index contributed by atoms with van der Waals surface area (Å²) >= 11 is 0. The summed E-state index contributed by atoms with van der Waals surface area (Å²) in [5, 5.41) is 2.93. The van der Waals surface area contributed by atoms with Gasteiger partial charge in [-0.2, -0.15) is 0 Å². The predicted octanol–water partition coefficient (Wildman–Crippen LogP) is 5.54. The third-order valence-electron chi connectivity index (χ3n) is 3.81. The van der Waals surface area contributed by atoms with Gasteiger partial charge in [0.1, 0.15) is 11.5 Å². The Morgan fingerprint density at radius 3 is 2.62 bits per heavy atom. The van der Waals surface area contributed by atoms with Gasteiger partial charge in [-0.3, -0.25) is 4.79 Å². The molecule has 4 heteroatoms. The van der Waals surface area contributed by atoms with E-state index < -0.39 is 0 Å². The van der Waals surface area contributed by atoms with Gasteiger partial charge < -0.3 is 14.8 Å². The first kappa shape index (κ1) is 19.8. The Hall–Kier alpha value is -2.49. The minimum atomic E-state index is -0.183. The maximum Gasteiger partial charge on any atom is 0.259 e. The van der Waals surface area contributed by atoms with Crippen molar-refractivity contribution in [3.8, 4) is 11.5 Å². The zero-order chi connectivity index (χ0) is 18.8. The highest BCUT2D eigenvalue weighted by Gasteiger charge is 2.12. The molecule has 0 bridgehead atoms. The van der Waals surface area contributed by atoms with E-state index in [0.29, 0.717) is 36.1 Å². The summed E-state index contributed by atoms with van der Waals surface area (Å²) in [5.74, 6) is 1.64. The van der Waals surface area contributed by atoms with Crippen LogP contribution in [0.5, 0.6) is 11.5 Å². The van der Waals surface area contributed by atoms with Crippen molar-refractivity contribution in [3.05, 3.63) is 54.1 Å². The van der Waals surface area contributed by atoms with Crippen LogP contribution in [0.15, 0.2) is 48.5 Å². The van der Waals surface area contributed by atoms with Gasteiger partial charge in [0.2, 0.25) is 0 Å². The molecule has 2 aromatic carbocycles. The Morgan fingerprint density at radius 2 is 1.85 bits per heavy atom. The van der Waals surface area contributed by atoms with E-state index in [0.717, 1.165) is 25.0 Å². The number of unbranched alkanes of at least 4 members (excludes halogenated alkanes) is 2. The van der Waals surface area contributed by atoms with Crippen LogP contribution in [0.2, 0.25) is 0 Å². The van der Waals surface area contributed by atoms with Gasteiger partial charge in [0, 0.05) is 11.8 Å². The Balaban J connectivity index is 2.02. The van der Waals surface area contributed by atoms with Crippen molar-refractivity contribution in [3.63, 3.8) is 0 Å². The van der Waals surface area contributed by atoms with Crippen LogP contribution in [0.4, 0.5) is 5.69 Å². The molecule has 2 aromatic rings. The highest BCUT2D eigenvalue weighted by Crippen LogP contribution is 2.22. The lowest BCUT2D eigenvalue weighted by Crippen LogP contribution is -2.14. The number of hydrogen-bond donors (Lipinski definition) is 1. The van der Waals surface area contributed by atoms with Gasteiger partial charge in [-0.15, -0.1) is 0 Å². The number of carbonyl (C=O) groups is 1. The molecule has 1 N–H and O–H groups in total. The SMILES string of the molecule is CCCCCOc1ccccc1C(=O)Nc1cccc(OCC(C)C)c1. The molecule has 0 saturated carbocycles. The van der Waals surface area contributed by atoms with Crippen molar-refractivity contribution in [2.24, 2.45) is 5.92 Å². The molecule has 0 spiro atoms. The molecule has 0 aliphatic heterocycles. The molecule has 2 rings (SSSR count). The number of amides is 1. The van der Waals surface area contributed by atoms with Gasteiger partial charge in [0.15, 0.2) is 0 Å². The summed E-state index contributed by atoms with van der Waals surface area (Å²) in [7, 11) is 0. The van der Waals surface area contributed by atoms with Crippen molar-refractivity contribution in [2.75, 3.05) is 18.5 Å². The summed E-state index contributed by atoms with van der Waals surface area (Å²) in [6.45, 7) is 7.62. The second kappa shape index (κ2) is 10.5. The molecule has 0 atom stereocenters. The average molecular weight is 355 g/mol. The largest absolute Gasteiger partial charge is 0.493 e. The van der Waals surface area contributed by atoms with Gasteiger partial charge >= 0.3 is 0 Å². The van der Waals surface area contributed by atoms with Gasteiger partial charge in [0.05, 0.1) is 18.8 Å². The maximum atomic E-state index is 12.7. The monoisotopic (exact) mass is 355 g/mol. The summed E-state index contributed by atoms with van der Waals surface area (Å²) in [6, 6.07) is 14.8. The molecule has 0 aliphatic carbocycles. The number of para-hydroxylation sites is 1. The number of rotatable bonds is 10. The van der Waals surface area contributed by atoms with Crippen molar-refractivity contribution in [2.45, 2.75) is 40.0 Å². The van der Waals surface area contributed by atoms with Gasteiger partial charge in [-0.1, -0.05) is 51.8 Å². The molecule has 0 aromatic heterocycles. The van der Waals surface area contributed by atoms with Crippen molar-refractivity contribution >= 4 is 11.6 Å². The zero-order valence-electron chi connectivity index (χ0n) is 16.0. The lowest BCUT2D eigenvalue weighted by atomic mass is 10.1. The number of hydrogen-bond acceptors (Lipinski definition) is 3. The summed E-state index contributed by atoms with van der Waals surface area (Å²) < 4.78 is 11.5. The minimum Gasteiger partial charge on any atom is -0.493 e. The fourth-order valence-corrected chi connectivity index (χ4v) is 2.44. The number of anilines is 1. The minimum absolute atomic E-state index is 0.183. The molecule has 4 nitrogen and oxygen atoms in total. The Bertz CT molecular complexity index is 697. The van der Waals surface area contributed by atoms with E-state index in [1.165, 1.54) is 0 Å². The number of benzene rings is 2. The molecule has 1 amide bonds. The zero-order valence-corrected chi connectivity index (χ0v) is 16.0. The number of nitrogens with one attached hydrogen (secondary N) is 1. The molecular formula is C22H29NO3. The van der Waals surface area contributed by atoms with Crippen LogP contribution in [-0.4, -0.2) is 19.1 Å². The van der Waals surface area contributed by atoms with Crippen molar-refractivity contribution in [1.82, 2.24) is 0 Å². The average Bonchev–Trinajstić information content (AvgIpc) is 2.64. The van der Waals surface area contributed by atoms with E-state index >= 15 is 0 Å². The molecular weight excluding hydrogens is 326 g/mol. The highest BCUT2D eigenvalue weighted by atomic mass is 16.5. The van der Waals surface area contributed by atoms with Crippen LogP contribution < -0.4 is 14.8 Å². The van der Waals surface area contributed by atoms with E-state index in [1.54, 1.807) is 6.07 Å². The topological polar surface area (TPSA) is 47.6 Å². The highest BCUT2D eigenvalue weighted by molar-refractivity contribution is 6.06. The van der Waals surface area contributed by atoms with E-state index in [2.05, 4.69) is 26.1 Å². The first-order valence-corrected chi connectivity index (χ1v) is 9.36. The van der Waals surface area contributed by atoms with Crippen LogP contribution in [0.3, 0.4) is 0 Å². The molecule has 0 fully saturated rings. The number of ether oxygens (including phenoxy) is 2. The normalized spacial score (nSPS) is 10.6. The molecule has 0 saturated heterocycles. The molecule has 0 radical (unpaired) electrons. The fourth-order valence-electron chi connectivity index (χ4n) is 2.44. The third-order valence-corrected chi connectivity index (χ3v) is 3.81. The Morgan fingerprint density at radius 1 is 1.04 bits per heavy atom. The van der Waals surface area contributed by atoms with Crippen LogP contribution in [0.1, 0.15) is 50.4 Å². The first-order valence-electron chi connectivity index (χ1n) is 9.36. The fraction of sp³-hybridized carbons (Fsp3) is 0.409. The van der Waals surface area contributed by atoms with Crippen LogP contribution >= 0.6 is 0 Å². The standard InChI is InChI=1S/C22H29NO3/c1-4-5-8-14-25-21-13-7-6-12-20(21)22(24)23-18-10-9-11-19(15-18)26-16-17(2)3/h6-7,9-13,15,17H,4-5,8,14,16H2,1-3H3,(H,23,24). The van der Waals surface area contributed by atoms with E-state index in [-0.39, 0.29) is 5.91 Å². The van der Waals surface area contributed by atoms with E-state index in [1.807, 2.05) is 42.5 Å². The van der Waals surface area contributed by atoms with Crippen LogP contribution in [-0.2, 0) is 0 Å². The maximum absolute atomic E-state index is 12.7. The molecule has 140 valence electrons. The number of carbonyl (C=O) groups excluding carboxylic acids is 1. The summed E-state index contributed by atoms with van der Waals surface area (Å²) in [6.07, 6.45) is 3.25. The van der Waals surface area contributed by atoms with Crippen molar-refractivity contribution < 1.29 is 14.3 Å². The Kier molecular flexibility index (Phi) is 8.00. The first-order chi connectivity index (χ1) is 12.6.